The summed E-state index contributed by atoms with van der Waals surface area (Å²) >= 11 is 0. The minimum atomic E-state index is 0.430. The highest BCUT2D eigenvalue weighted by atomic mass is 16.5. The molecule has 11 heavy (non-hydrogen) atoms. The van der Waals surface area contributed by atoms with E-state index in [-0.39, 0.29) is 0 Å². The van der Waals surface area contributed by atoms with Gasteiger partial charge in [0.1, 0.15) is 0 Å². The van der Waals surface area contributed by atoms with Gasteiger partial charge >= 0.3 is 0 Å². The zero-order chi connectivity index (χ0) is 8.10. The van der Waals surface area contributed by atoms with Crippen LogP contribution in [0, 0.1) is 0 Å². The molecule has 1 aliphatic heterocycles. The molecule has 0 aromatic heterocycles. The van der Waals surface area contributed by atoms with Crippen LogP contribution in [0.2, 0.25) is 0 Å². The molecular weight excluding hydrogens is 138 g/mol. The van der Waals surface area contributed by atoms with Crippen LogP contribution in [0.15, 0.2) is 0 Å². The third kappa shape index (κ3) is 3.21. The zero-order valence-electron chi connectivity index (χ0n) is 7.60. The van der Waals surface area contributed by atoms with Crippen LogP contribution in [-0.2, 0) is 4.74 Å². The Morgan fingerprint density at radius 3 is 3.00 bits per heavy atom. The van der Waals surface area contributed by atoms with Crippen molar-refractivity contribution in [1.82, 2.24) is 5.32 Å². The summed E-state index contributed by atoms with van der Waals surface area (Å²) in [5.74, 6) is 0. The molecule has 0 saturated carbocycles. The van der Waals surface area contributed by atoms with Gasteiger partial charge in [0.25, 0.3) is 0 Å². The number of hydrogen-bond donors (Lipinski definition) is 1. The van der Waals surface area contributed by atoms with Crippen molar-refractivity contribution < 1.29 is 4.74 Å². The van der Waals surface area contributed by atoms with Gasteiger partial charge in [-0.25, -0.2) is 0 Å². The van der Waals surface area contributed by atoms with E-state index in [1.54, 1.807) is 0 Å². The summed E-state index contributed by atoms with van der Waals surface area (Å²) in [4.78, 5) is 0. The van der Waals surface area contributed by atoms with E-state index in [1.165, 1.54) is 19.4 Å². The Kier molecular flexibility index (Phi) is 3.87. The van der Waals surface area contributed by atoms with E-state index < -0.39 is 0 Å². The van der Waals surface area contributed by atoms with Crippen LogP contribution in [0.25, 0.3) is 0 Å². The second-order valence-electron chi connectivity index (χ2n) is 3.32. The first-order valence-corrected chi connectivity index (χ1v) is 4.69. The highest BCUT2D eigenvalue weighted by molar-refractivity contribution is 4.69. The predicted octanol–water partition coefficient (Wildman–Crippen LogP) is 1.55. The quantitative estimate of drug-likeness (QED) is 0.671. The lowest BCUT2D eigenvalue weighted by Gasteiger charge is -2.25. The summed E-state index contributed by atoms with van der Waals surface area (Å²) < 4.78 is 5.78. The molecule has 0 aliphatic carbocycles. The largest absolute Gasteiger partial charge is 0.374 e. The number of nitrogens with one attached hydrogen (secondary N) is 1. The van der Waals surface area contributed by atoms with E-state index in [0.29, 0.717) is 12.2 Å². The van der Waals surface area contributed by atoms with Gasteiger partial charge in [-0.1, -0.05) is 6.92 Å². The van der Waals surface area contributed by atoms with Gasteiger partial charge in [0.05, 0.1) is 12.2 Å². The van der Waals surface area contributed by atoms with Crippen molar-refractivity contribution in [3.8, 4) is 0 Å². The fourth-order valence-electron chi connectivity index (χ4n) is 1.36. The minimum absolute atomic E-state index is 0.430. The first-order chi connectivity index (χ1) is 5.33. The van der Waals surface area contributed by atoms with Crippen molar-refractivity contribution >= 4 is 0 Å². The molecule has 0 bridgehead atoms. The summed E-state index contributed by atoms with van der Waals surface area (Å²) in [6.07, 6.45) is 4.52. The molecule has 1 aliphatic rings. The molecule has 66 valence electrons. The van der Waals surface area contributed by atoms with E-state index in [9.17, 15) is 0 Å². The Balaban J connectivity index is 2.13. The molecule has 2 atom stereocenters. The zero-order valence-corrected chi connectivity index (χ0v) is 7.60. The lowest BCUT2D eigenvalue weighted by Crippen LogP contribution is -2.37. The van der Waals surface area contributed by atoms with Crippen molar-refractivity contribution in [1.29, 1.82) is 0 Å². The second-order valence-corrected chi connectivity index (χ2v) is 3.32. The van der Waals surface area contributed by atoms with Crippen LogP contribution in [-0.4, -0.2) is 25.3 Å². The summed E-state index contributed by atoms with van der Waals surface area (Å²) in [7, 11) is 0. The van der Waals surface area contributed by atoms with E-state index in [1.807, 2.05) is 0 Å². The summed E-state index contributed by atoms with van der Waals surface area (Å²) in [6, 6.07) is 0. The Morgan fingerprint density at radius 1 is 1.64 bits per heavy atom. The second kappa shape index (κ2) is 4.73. The third-order valence-electron chi connectivity index (χ3n) is 2.25. The molecule has 2 heteroatoms. The van der Waals surface area contributed by atoms with Gasteiger partial charge in [-0.15, -0.1) is 0 Å². The molecule has 2 nitrogen and oxygen atoms in total. The Hall–Kier alpha value is -0.0800. The fraction of sp³-hybridized carbons (Fsp3) is 1.00. The molecule has 0 aromatic carbocycles. The lowest BCUT2D eigenvalue weighted by atomic mass is 10.1. The number of ether oxygens (including phenoxy) is 1. The molecule has 0 amide bonds. The van der Waals surface area contributed by atoms with Crippen molar-refractivity contribution in [2.24, 2.45) is 0 Å². The number of hydrogen-bond acceptors (Lipinski definition) is 2. The van der Waals surface area contributed by atoms with Crippen LogP contribution in [0.5, 0.6) is 0 Å². The van der Waals surface area contributed by atoms with Crippen LogP contribution in [0.4, 0.5) is 0 Å². The number of rotatable bonds is 3. The molecule has 1 saturated heterocycles. The van der Waals surface area contributed by atoms with Gasteiger partial charge in [0, 0.05) is 6.54 Å². The number of piperidine rings is 1. The van der Waals surface area contributed by atoms with Gasteiger partial charge in [-0.2, -0.15) is 0 Å². The third-order valence-corrected chi connectivity index (χ3v) is 2.25. The van der Waals surface area contributed by atoms with Crippen molar-refractivity contribution in [3.63, 3.8) is 0 Å². The maximum Gasteiger partial charge on any atom is 0.0703 e. The van der Waals surface area contributed by atoms with E-state index in [4.69, 9.17) is 4.74 Å². The van der Waals surface area contributed by atoms with Gasteiger partial charge in [-0.05, 0) is 32.7 Å². The van der Waals surface area contributed by atoms with Crippen LogP contribution >= 0.6 is 0 Å². The Labute approximate surface area is 69.3 Å². The summed E-state index contributed by atoms with van der Waals surface area (Å²) in [5.41, 5.74) is 0. The standard InChI is InChI=1S/C9H19NO/c1-3-8(2)11-9-5-4-6-10-7-9/h8-10H,3-7H2,1-2H3. The highest BCUT2D eigenvalue weighted by Crippen LogP contribution is 2.09. The normalized spacial score (nSPS) is 28.4. The smallest absolute Gasteiger partial charge is 0.0703 e. The summed E-state index contributed by atoms with van der Waals surface area (Å²) in [5, 5.41) is 3.34. The van der Waals surface area contributed by atoms with Gasteiger partial charge < -0.3 is 10.1 Å². The Bertz CT molecular complexity index is 99.7. The van der Waals surface area contributed by atoms with Crippen molar-refractivity contribution in [3.05, 3.63) is 0 Å². The lowest BCUT2D eigenvalue weighted by molar-refractivity contribution is -0.0149. The molecule has 1 fully saturated rings. The molecule has 0 aromatic rings. The Morgan fingerprint density at radius 2 is 2.45 bits per heavy atom. The van der Waals surface area contributed by atoms with E-state index in [2.05, 4.69) is 19.2 Å². The van der Waals surface area contributed by atoms with Crippen molar-refractivity contribution in [2.45, 2.75) is 45.3 Å². The fourth-order valence-corrected chi connectivity index (χ4v) is 1.36. The van der Waals surface area contributed by atoms with Crippen molar-refractivity contribution in [2.75, 3.05) is 13.1 Å². The molecule has 1 N–H and O–H groups in total. The molecule has 0 radical (unpaired) electrons. The maximum atomic E-state index is 5.78. The summed E-state index contributed by atoms with van der Waals surface area (Å²) in [6.45, 7) is 6.53. The topological polar surface area (TPSA) is 21.3 Å². The highest BCUT2D eigenvalue weighted by Gasteiger charge is 2.14. The average Bonchev–Trinajstić information content (AvgIpc) is 2.06. The van der Waals surface area contributed by atoms with Crippen LogP contribution < -0.4 is 5.32 Å². The monoisotopic (exact) mass is 157 g/mol. The van der Waals surface area contributed by atoms with Gasteiger partial charge in [0.15, 0.2) is 0 Å². The first-order valence-electron chi connectivity index (χ1n) is 4.69. The molecule has 1 rings (SSSR count). The molecule has 1 heterocycles. The maximum absolute atomic E-state index is 5.78. The van der Waals surface area contributed by atoms with Crippen LogP contribution in [0.1, 0.15) is 33.1 Å². The predicted molar refractivity (Wildman–Crippen MR) is 46.7 cm³/mol. The van der Waals surface area contributed by atoms with Gasteiger partial charge in [-0.3, -0.25) is 0 Å². The average molecular weight is 157 g/mol. The van der Waals surface area contributed by atoms with Crippen LogP contribution in [0.3, 0.4) is 0 Å². The van der Waals surface area contributed by atoms with E-state index >= 15 is 0 Å². The van der Waals surface area contributed by atoms with E-state index in [0.717, 1.165) is 13.0 Å². The van der Waals surface area contributed by atoms with Gasteiger partial charge in [0.2, 0.25) is 0 Å². The SMILES string of the molecule is CCC(C)OC1CCCNC1. The molecule has 0 spiro atoms. The molecular formula is C9H19NO. The molecule has 2 unspecified atom stereocenters. The first kappa shape index (κ1) is 9.01. The minimum Gasteiger partial charge on any atom is -0.374 e.